The number of carbonyl (C=O) groups is 1. The zero-order valence-electron chi connectivity index (χ0n) is 9.21. The fourth-order valence-corrected chi connectivity index (χ4v) is 1.18. The fourth-order valence-electron chi connectivity index (χ4n) is 1.18. The maximum Gasteiger partial charge on any atom is 0.332 e. The summed E-state index contributed by atoms with van der Waals surface area (Å²) in [5.41, 5.74) is 0. The lowest BCUT2D eigenvalue weighted by Gasteiger charge is -2.28. The van der Waals surface area contributed by atoms with E-state index in [4.69, 9.17) is 15.3 Å². The van der Waals surface area contributed by atoms with Crippen molar-refractivity contribution in [3.8, 4) is 0 Å². The minimum Gasteiger partial charge on any atom is -0.479 e. The van der Waals surface area contributed by atoms with E-state index < -0.39 is 49.0 Å². The van der Waals surface area contributed by atoms with Crippen LogP contribution >= 0.6 is 0 Å². The summed E-state index contributed by atoms with van der Waals surface area (Å²) in [6.07, 6.45) is -11.1. The molecule has 8 heteroatoms. The SMILES string of the molecule is C[C@@H](O)[C@@H](O)[C@@H](O)[C@@H](O)[C@@H](O)C[C@H](O)C(=O)O. The Labute approximate surface area is 97.4 Å². The molecule has 0 saturated heterocycles. The molecule has 0 aromatic rings. The van der Waals surface area contributed by atoms with E-state index in [9.17, 15) is 25.2 Å². The number of aliphatic hydroxyl groups excluding tert-OH is 6. The van der Waals surface area contributed by atoms with Crippen molar-refractivity contribution < 1.29 is 40.5 Å². The van der Waals surface area contributed by atoms with Crippen LogP contribution in [0.1, 0.15) is 13.3 Å². The molecule has 0 heterocycles. The van der Waals surface area contributed by atoms with Crippen molar-refractivity contribution in [1.29, 1.82) is 0 Å². The molecule has 0 aliphatic rings. The largest absolute Gasteiger partial charge is 0.479 e. The zero-order chi connectivity index (χ0) is 13.7. The highest BCUT2D eigenvalue weighted by molar-refractivity contribution is 5.71. The predicted molar refractivity (Wildman–Crippen MR) is 54.0 cm³/mol. The van der Waals surface area contributed by atoms with Gasteiger partial charge in [-0.05, 0) is 6.92 Å². The molecule has 0 saturated carbocycles. The minimum absolute atomic E-state index is 0.708. The van der Waals surface area contributed by atoms with Crippen molar-refractivity contribution in [3.05, 3.63) is 0 Å². The summed E-state index contributed by atoms with van der Waals surface area (Å²) in [4.78, 5) is 10.3. The van der Waals surface area contributed by atoms with Gasteiger partial charge in [0.1, 0.15) is 18.3 Å². The van der Waals surface area contributed by atoms with Gasteiger partial charge in [0.25, 0.3) is 0 Å². The predicted octanol–water partition coefficient (Wildman–Crippen LogP) is -3.35. The van der Waals surface area contributed by atoms with E-state index in [1.54, 1.807) is 0 Å². The number of rotatable bonds is 7. The molecule has 0 fully saturated rings. The highest BCUT2D eigenvalue weighted by Crippen LogP contribution is 2.12. The third-order valence-electron chi connectivity index (χ3n) is 2.34. The smallest absolute Gasteiger partial charge is 0.332 e. The van der Waals surface area contributed by atoms with Crippen LogP contribution in [0.2, 0.25) is 0 Å². The van der Waals surface area contributed by atoms with Crippen molar-refractivity contribution >= 4 is 5.97 Å². The average Bonchev–Trinajstić information content (AvgIpc) is 2.25. The number of aliphatic hydroxyl groups is 6. The maximum absolute atomic E-state index is 10.3. The second kappa shape index (κ2) is 6.84. The Morgan fingerprint density at radius 3 is 1.76 bits per heavy atom. The molecule has 0 spiro atoms. The van der Waals surface area contributed by atoms with Gasteiger partial charge in [-0.2, -0.15) is 0 Å². The van der Waals surface area contributed by atoms with Gasteiger partial charge >= 0.3 is 5.97 Å². The number of aliphatic carboxylic acids is 1. The van der Waals surface area contributed by atoms with Crippen LogP contribution in [0.15, 0.2) is 0 Å². The fraction of sp³-hybridized carbons (Fsp3) is 0.889. The Morgan fingerprint density at radius 2 is 1.41 bits per heavy atom. The lowest BCUT2D eigenvalue weighted by Crippen LogP contribution is -2.49. The van der Waals surface area contributed by atoms with Crippen LogP contribution in [-0.2, 0) is 4.79 Å². The van der Waals surface area contributed by atoms with Crippen LogP contribution in [0.25, 0.3) is 0 Å². The first-order valence-electron chi connectivity index (χ1n) is 4.99. The van der Waals surface area contributed by atoms with Crippen molar-refractivity contribution in [2.45, 2.75) is 50.0 Å². The molecule has 17 heavy (non-hydrogen) atoms. The van der Waals surface area contributed by atoms with Gasteiger partial charge in [0, 0.05) is 6.42 Å². The first-order valence-corrected chi connectivity index (χ1v) is 4.99. The van der Waals surface area contributed by atoms with E-state index in [1.165, 1.54) is 6.92 Å². The molecule has 8 nitrogen and oxygen atoms in total. The zero-order valence-corrected chi connectivity index (χ0v) is 9.21. The summed E-state index contributed by atoms with van der Waals surface area (Å²) in [5.74, 6) is -1.58. The second-order valence-corrected chi connectivity index (χ2v) is 3.87. The maximum atomic E-state index is 10.3. The Bertz CT molecular complexity index is 243. The molecule has 0 bridgehead atoms. The number of hydrogen-bond acceptors (Lipinski definition) is 7. The van der Waals surface area contributed by atoms with Gasteiger partial charge in [-0.3, -0.25) is 0 Å². The quantitative estimate of drug-likeness (QED) is 0.248. The Kier molecular flexibility index (Phi) is 6.53. The van der Waals surface area contributed by atoms with Crippen molar-refractivity contribution in [2.75, 3.05) is 0 Å². The lowest BCUT2D eigenvalue weighted by molar-refractivity contribution is -0.154. The van der Waals surface area contributed by atoms with Crippen molar-refractivity contribution in [3.63, 3.8) is 0 Å². The summed E-state index contributed by atoms with van der Waals surface area (Å²) in [5, 5.41) is 63.4. The molecule has 0 aliphatic heterocycles. The molecule has 0 unspecified atom stereocenters. The van der Waals surface area contributed by atoms with Gasteiger partial charge in [0.2, 0.25) is 0 Å². The molecule has 0 aromatic carbocycles. The Hall–Kier alpha value is -0.770. The van der Waals surface area contributed by atoms with Crippen LogP contribution in [-0.4, -0.2) is 78.3 Å². The summed E-state index contributed by atoms with van der Waals surface area (Å²) < 4.78 is 0. The third kappa shape index (κ3) is 4.94. The summed E-state index contributed by atoms with van der Waals surface area (Å²) in [6.45, 7) is 1.17. The molecular formula is C9H18O8. The third-order valence-corrected chi connectivity index (χ3v) is 2.34. The summed E-state index contributed by atoms with van der Waals surface area (Å²) in [6, 6.07) is 0. The molecule has 0 amide bonds. The van der Waals surface area contributed by atoms with Crippen LogP contribution in [0.4, 0.5) is 0 Å². The van der Waals surface area contributed by atoms with Gasteiger partial charge < -0.3 is 35.7 Å². The van der Waals surface area contributed by atoms with Gasteiger partial charge in [-0.25, -0.2) is 4.79 Å². The van der Waals surface area contributed by atoms with E-state index in [-0.39, 0.29) is 0 Å². The van der Waals surface area contributed by atoms with Gasteiger partial charge in [-0.1, -0.05) is 0 Å². The monoisotopic (exact) mass is 254 g/mol. The van der Waals surface area contributed by atoms with Gasteiger partial charge in [-0.15, -0.1) is 0 Å². The van der Waals surface area contributed by atoms with Crippen LogP contribution in [0.3, 0.4) is 0 Å². The highest BCUT2D eigenvalue weighted by atomic mass is 16.4. The number of carboxylic acids is 1. The van der Waals surface area contributed by atoms with Gasteiger partial charge in [0.05, 0.1) is 12.2 Å². The van der Waals surface area contributed by atoms with Crippen molar-refractivity contribution in [2.24, 2.45) is 0 Å². The van der Waals surface area contributed by atoms with Crippen molar-refractivity contribution in [1.82, 2.24) is 0 Å². The van der Waals surface area contributed by atoms with Gasteiger partial charge in [0.15, 0.2) is 6.10 Å². The molecule has 0 aromatic heterocycles. The Morgan fingerprint density at radius 1 is 0.941 bits per heavy atom. The molecule has 102 valence electrons. The van der Waals surface area contributed by atoms with Crippen LogP contribution in [0.5, 0.6) is 0 Å². The topological polar surface area (TPSA) is 159 Å². The van der Waals surface area contributed by atoms with E-state index in [2.05, 4.69) is 0 Å². The summed E-state index contributed by atoms with van der Waals surface area (Å²) >= 11 is 0. The van der Waals surface area contributed by atoms with Crippen LogP contribution in [0, 0.1) is 0 Å². The molecular weight excluding hydrogens is 236 g/mol. The van der Waals surface area contributed by atoms with E-state index in [0.29, 0.717) is 0 Å². The first kappa shape index (κ1) is 16.2. The van der Waals surface area contributed by atoms with E-state index in [1.807, 2.05) is 0 Å². The van der Waals surface area contributed by atoms with E-state index >= 15 is 0 Å². The molecule has 0 aliphatic carbocycles. The number of carboxylic acid groups (broad SMARTS) is 1. The molecule has 6 atom stereocenters. The van der Waals surface area contributed by atoms with E-state index in [0.717, 1.165) is 0 Å². The average molecular weight is 254 g/mol. The molecule has 0 rings (SSSR count). The number of hydrogen-bond donors (Lipinski definition) is 7. The second-order valence-electron chi connectivity index (χ2n) is 3.87. The Balaban J connectivity index is 4.38. The lowest BCUT2D eigenvalue weighted by atomic mass is 9.97. The highest BCUT2D eigenvalue weighted by Gasteiger charge is 2.34. The first-order chi connectivity index (χ1) is 7.68. The molecule has 0 radical (unpaired) electrons. The summed E-state index contributed by atoms with van der Waals surface area (Å²) in [7, 11) is 0. The standard InChI is InChI=1S/C9H18O8/c1-3(10)6(13)8(15)7(14)4(11)2-5(12)9(16)17/h3-8,10-15H,2H2,1H3,(H,16,17)/t3-,4+,5+,6-,7+,8-/m1/s1. The normalized spacial score (nSPS) is 22.3. The minimum atomic E-state index is -1.89. The molecule has 7 N–H and O–H groups in total. The van der Waals surface area contributed by atoms with Crippen LogP contribution < -0.4 is 0 Å².